The standard InChI is InChI=1S/C25H24ClF3N2O4S/c1-3-35-20-12-9-18(10-13-20)17(2)30-24(32)16-31(36(33,34)21-7-5-4-6-8-21)19-11-14-23(26)22(15-19)25(27,28)29/h4-15,17H,3,16H2,1-2H3,(H,30,32)/t17-/m0/s1. The van der Waals surface area contributed by atoms with Gasteiger partial charge in [0.25, 0.3) is 10.0 Å². The second-order valence-electron chi connectivity index (χ2n) is 7.78. The van der Waals surface area contributed by atoms with E-state index in [1.807, 2.05) is 6.92 Å². The lowest BCUT2D eigenvalue weighted by Crippen LogP contribution is -2.41. The molecule has 0 saturated heterocycles. The topological polar surface area (TPSA) is 75.7 Å². The van der Waals surface area contributed by atoms with Gasteiger partial charge in [0.1, 0.15) is 12.3 Å². The summed E-state index contributed by atoms with van der Waals surface area (Å²) < 4.78 is 73.2. The van der Waals surface area contributed by atoms with Gasteiger partial charge in [-0.2, -0.15) is 13.2 Å². The number of benzene rings is 3. The number of carbonyl (C=O) groups is 1. The Labute approximate surface area is 212 Å². The number of amides is 1. The zero-order chi connectivity index (χ0) is 26.5. The number of anilines is 1. The third-order valence-corrected chi connectivity index (χ3v) is 7.35. The number of hydrogen-bond acceptors (Lipinski definition) is 4. The van der Waals surface area contributed by atoms with Crippen LogP contribution in [-0.4, -0.2) is 27.5 Å². The van der Waals surface area contributed by atoms with Crippen molar-refractivity contribution < 1.29 is 31.1 Å². The highest BCUT2D eigenvalue weighted by atomic mass is 35.5. The molecule has 0 unspecified atom stereocenters. The molecule has 0 aromatic heterocycles. The van der Waals surface area contributed by atoms with Crippen molar-refractivity contribution in [1.29, 1.82) is 0 Å². The second kappa shape index (κ2) is 11.2. The number of nitrogens with one attached hydrogen (secondary N) is 1. The van der Waals surface area contributed by atoms with Crippen molar-refractivity contribution in [2.75, 3.05) is 17.5 Å². The van der Waals surface area contributed by atoms with Crippen LogP contribution in [0.3, 0.4) is 0 Å². The van der Waals surface area contributed by atoms with Crippen LogP contribution in [0.15, 0.2) is 77.7 Å². The fourth-order valence-electron chi connectivity index (χ4n) is 3.44. The Morgan fingerprint density at radius 1 is 1.06 bits per heavy atom. The molecule has 1 amide bonds. The van der Waals surface area contributed by atoms with Crippen LogP contribution in [-0.2, 0) is 21.0 Å². The third-order valence-electron chi connectivity index (χ3n) is 5.23. The molecule has 6 nitrogen and oxygen atoms in total. The van der Waals surface area contributed by atoms with E-state index in [1.54, 1.807) is 37.3 Å². The maximum atomic E-state index is 13.5. The lowest BCUT2D eigenvalue weighted by atomic mass is 10.1. The molecule has 1 atom stereocenters. The van der Waals surface area contributed by atoms with Crippen LogP contribution >= 0.6 is 11.6 Å². The second-order valence-corrected chi connectivity index (χ2v) is 10.0. The maximum absolute atomic E-state index is 13.5. The molecule has 192 valence electrons. The highest BCUT2D eigenvalue weighted by molar-refractivity contribution is 7.92. The van der Waals surface area contributed by atoms with Crippen molar-refractivity contribution in [2.24, 2.45) is 0 Å². The summed E-state index contributed by atoms with van der Waals surface area (Å²) in [5, 5.41) is 2.11. The first-order chi connectivity index (χ1) is 16.9. The van der Waals surface area contributed by atoms with Crippen molar-refractivity contribution in [1.82, 2.24) is 5.32 Å². The minimum absolute atomic E-state index is 0.180. The van der Waals surface area contributed by atoms with Gasteiger partial charge in [0.2, 0.25) is 5.91 Å². The third kappa shape index (κ3) is 6.50. The summed E-state index contributed by atoms with van der Waals surface area (Å²) in [5.74, 6) is -0.0532. The van der Waals surface area contributed by atoms with E-state index < -0.39 is 45.3 Å². The Kier molecular flexibility index (Phi) is 8.52. The summed E-state index contributed by atoms with van der Waals surface area (Å²) in [4.78, 5) is 12.7. The molecule has 0 aliphatic heterocycles. The first kappa shape index (κ1) is 27.3. The van der Waals surface area contributed by atoms with Gasteiger partial charge in [0.15, 0.2) is 0 Å². The zero-order valence-corrected chi connectivity index (χ0v) is 21.0. The van der Waals surface area contributed by atoms with Crippen LogP contribution in [0.5, 0.6) is 5.75 Å². The number of hydrogen-bond donors (Lipinski definition) is 1. The van der Waals surface area contributed by atoms with Gasteiger partial charge in [-0.05, 0) is 61.9 Å². The zero-order valence-electron chi connectivity index (χ0n) is 19.4. The van der Waals surface area contributed by atoms with E-state index in [-0.39, 0.29) is 10.6 Å². The first-order valence-electron chi connectivity index (χ1n) is 10.9. The molecule has 0 aliphatic carbocycles. The molecule has 0 radical (unpaired) electrons. The normalized spacial score (nSPS) is 12.6. The van der Waals surface area contributed by atoms with Gasteiger partial charge in [-0.25, -0.2) is 8.42 Å². The van der Waals surface area contributed by atoms with Crippen molar-refractivity contribution >= 4 is 33.2 Å². The number of rotatable bonds is 9. The van der Waals surface area contributed by atoms with E-state index in [1.165, 1.54) is 24.3 Å². The van der Waals surface area contributed by atoms with Crippen LogP contribution < -0.4 is 14.4 Å². The molecule has 36 heavy (non-hydrogen) atoms. The summed E-state index contributed by atoms with van der Waals surface area (Å²) in [6.45, 7) is 3.30. The predicted molar refractivity (Wildman–Crippen MR) is 132 cm³/mol. The van der Waals surface area contributed by atoms with Gasteiger partial charge < -0.3 is 10.1 Å². The van der Waals surface area contributed by atoms with E-state index in [4.69, 9.17) is 16.3 Å². The van der Waals surface area contributed by atoms with Gasteiger partial charge in [-0.1, -0.05) is 41.9 Å². The van der Waals surface area contributed by atoms with Crippen LogP contribution in [0.25, 0.3) is 0 Å². The number of sulfonamides is 1. The summed E-state index contributed by atoms with van der Waals surface area (Å²) in [5.41, 5.74) is -0.826. The molecule has 0 aliphatic rings. The summed E-state index contributed by atoms with van der Waals surface area (Å²) in [6.07, 6.45) is -4.82. The number of carbonyl (C=O) groups excluding carboxylic acids is 1. The van der Waals surface area contributed by atoms with E-state index >= 15 is 0 Å². The summed E-state index contributed by atoms with van der Waals surface area (Å²) in [7, 11) is -4.39. The number of alkyl halides is 3. The number of halogens is 4. The fraction of sp³-hybridized carbons (Fsp3) is 0.240. The predicted octanol–water partition coefficient (Wildman–Crippen LogP) is 5.83. The number of ether oxygens (including phenoxy) is 1. The molecule has 0 bridgehead atoms. The Balaban J connectivity index is 1.92. The SMILES string of the molecule is CCOc1ccc([C@H](C)NC(=O)CN(c2ccc(Cl)c(C(F)(F)F)c2)S(=O)(=O)c2ccccc2)cc1. The van der Waals surface area contributed by atoms with Crippen molar-refractivity contribution in [3.63, 3.8) is 0 Å². The lowest BCUT2D eigenvalue weighted by molar-refractivity contribution is -0.137. The van der Waals surface area contributed by atoms with Gasteiger partial charge >= 0.3 is 6.18 Å². The molecule has 3 aromatic rings. The van der Waals surface area contributed by atoms with E-state index in [0.717, 1.165) is 17.7 Å². The fourth-order valence-corrected chi connectivity index (χ4v) is 5.10. The Bertz CT molecular complexity index is 1300. The monoisotopic (exact) mass is 540 g/mol. The molecular formula is C25H24ClF3N2O4S. The largest absolute Gasteiger partial charge is 0.494 e. The van der Waals surface area contributed by atoms with Crippen LogP contribution in [0.1, 0.15) is 31.0 Å². The molecule has 0 saturated carbocycles. The highest BCUT2D eigenvalue weighted by Gasteiger charge is 2.35. The summed E-state index contributed by atoms with van der Waals surface area (Å²) >= 11 is 5.71. The Hall–Kier alpha value is -3.24. The molecule has 0 spiro atoms. The molecular weight excluding hydrogens is 517 g/mol. The van der Waals surface area contributed by atoms with Crippen molar-refractivity contribution in [3.8, 4) is 5.75 Å². The minimum Gasteiger partial charge on any atom is -0.494 e. The highest BCUT2D eigenvalue weighted by Crippen LogP contribution is 2.38. The Morgan fingerprint density at radius 3 is 2.28 bits per heavy atom. The summed E-state index contributed by atoms with van der Waals surface area (Å²) in [6, 6.07) is 16.3. The van der Waals surface area contributed by atoms with Crippen molar-refractivity contribution in [2.45, 2.75) is 31.0 Å². The average Bonchev–Trinajstić information content (AvgIpc) is 2.83. The van der Waals surface area contributed by atoms with Gasteiger partial charge in [-0.15, -0.1) is 0 Å². The van der Waals surface area contributed by atoms with E-state index in [2.05, 4.69) is 5.32 Å². The molecule has 11 heteroatoms. The minimum atomic E-state index is -4.82. The molecule has 0 heterocycles. The molecule has 1 N–H and O–H groups in total. The lowest BCUT2D eigenvalue weighted by Gasteiger charge is -2.26. The van der Waals surface area contributed by atoms with Gasteiger partial charge in [0.05, 0.1) is 33.8 Å². The van der Waals surface area contributed by atoms with E-state index in [9.17, 15) is 26.4 Å². The van der Waals surface area contributed by atoms with Crippen molar-refractivity contribution in [3.05, 3.63) is 88.9 Å². The van der Waals surface area contributed by atoms with Gasteiger partial charge in [0, 0.05) is 0 Å². The average molecular weight is 541 g/mol. The van der Waals surface area contributed by atoms with E-state index in [0.29, 0.717) is 22.7 Å². The van der Waals surface area contributed by atoms with Crippen LogP contribution in [0, 0.1) is 0 Å². The first-order valence-corrected chi connectivity index (χ1v) is 12.7. The Morgan fingerprint density at radius 2 is 1.69 bits per heavy atom. The van der Waals surface area contributed by atoms with Crippen LogP contribution in [0.2, 0.25) is 5.02 Å². The van der Waals surface area contributed by atoms with Crippen LogP contribution in [0.4, 0.5) is 18.9 Å². The molecule has 0 fully saturated rings. The van der Waals surface area contributed by atoms with Gasteiger partial charge in [-0.3, -0.25) is 9.10 Å². The number of nitrogens with zero attached hydrogens (tertiary/aromatic N) is 1. The molecule has 3 aromatic carbocycles. The molecule has 3 rings (SSSR count). The maximum Gasteiger partial charge on any atom is 0.417 e. The quantitative estimate of drug-likeness (QED) is 0.370. The smallest absolute Gasteiger partial charge is 0.417 e.